The second-order valence-electron chi connectivity index (χ2n) is 5.49. The van der Waals surface area contributed by atoms with Gasteiger partial charge in [-0.1, -0.05) is 32.1 Å². The van der Waals surface area contributed by atoms with Crippen molar-refractivity contribution >= 4 is 11.7 Å². The van der Waals surface area contributed by atoms with Gasteiger partial charge in [-0.25, -0.2) is 13.6 Å². The number of hydrogen-bond acceptors (Lipinski definition) is 3. The van der Waals surface area contributed by atoms with Gasteiger partial charge in [0.05, 0.1) is 18.4 Å². The lowest BCUT2D eigenvalue weighted by atomic mass is 9.96. The molecule has 0 bridgehead atoms. The zero-order valence-electron chi connectivity index (χ0n) is 12.3. The van der Waals surface area contributed by atoms with Gasteiger partial charge in [0.2, 0.25) is 0 Å². The van der Waals surface area contributed by atoms with E-state index in [9.17, 15) is 13.6 Å². The first-order valence-corrected chi connectivity index (χ1v) is 7.45. The number of nitrogens with one attached hydrogen (secondary N) is 1. The standard InChI is InChI=1S/C16H21F2NO2/c1-21-16(20)12-9-15(14(18)10-13(12)17)19-11-7-5-3-2-4-6-8-11/h9-11,19H,2-8H2,1H3. The quantitative estimate of drug-likeness (QED) is 0.846. The van der Waals surface area contributed by atoms with E-state index in [0.717, 1.165) is 31.7 Å². The highest BCUT2D eigenvalue weighted by molar-refractivity contribution is 5.90. The first-order valence-electron chi connectivity index (χ1n) is 7.45. The maximum Gasteiger partial charge on any atom is 0.340 e. The molecule has 0 atom stereocenters. The second-order valence-corrected chi connectivity index (χ2v) is 5.49. The van der Waals surface area contributed by atoms with Gasteiger partial charge in [-0.15, -0.1) is 0 Å². The molecule has 0 radical (unpaired) electrons. The Balaban J connectivity index is 2.16. The van der Waals surface area contributed by atoms with Gasteiger partial charge in [0.25, 0.3) is 0 Å². The van der Waals surface area contributed by atoms with Crippen LogP contribution in [-0.2, 0) is 4.74 Å². The van der Waals surface area contributed by atoms with Crippen LogP contribution < -0.4 is 5.32 Å². The van der Waals surface area contributed by atoms with Gasteiger partial charge in [0.15, 0.2) is 0 Å². The fourth-order valence-electron chi connectivity index (χ4n) is 2.75. The number of ether oxygens (including phenoxy) is 1. The van der Waals surface area contributed by atoms with E-state index in [1.54, 1.807) is 0 Å². The average Bonchev–Trinajstić information content (AvgIpc) is 2.43. The summed E-state index contributed by atoms with van der Waals surface area (Å²) in [6, 6.07) is 2.10. The smallest absolute Gasteiger partial charge is 0.340 e. The van der Waals surface area contributed by atoms with Crippen LogP contribution in [0.5, 0.6) is 0 Å². The van der Waals surface area contributed by atoms with Crippen molar-refractivity contribution in [1.82, 2.24) is 0 Å². The molecule has 0 amide bonds. The summed E-state index contributed by atoms with van der Waals surface area (Å²) in [7, 11) is 1.17. The Morgan fingerprint density at radius 3 is 2.33 bits per heavy atom. The molecule has 5 heteroatoms. The zero-order valence-corrected chi connectivity index (χ0v) is 12.3. The average molecular weight is 297 g/mol. The number of esters is 1. The van der Waals surface area contributed by atoms with Crippen molar-refractivity contribution in [3.8, 4) is 0 Å². The molecule has 0 aromatic heterocycles. The van der Waals surface area contributed by atoms with Crippen LogP contribution in [0.2, 0.25) is 0 Å². The minimum absolute atomic E-state index is 0.163. The van der Waals surface area contributed by atoms with E-state index in [1.165, 1.54) is 32.4 Å². The van der Waals surface area contributed by atoms with Gasteiger partial charge < -0.3 is 10.1 Å². The Morgan fingerprint density at radius 2 is 1.71 bits per heavy atom. The second kappa shape index (κ2) is 7.38. The number of halogens is 2. The van der Waals surface area contributed by atoms with E-state index in [1.807, 2.05) is 0 Å². The van der Waals surface area contributed by atoms with E-state index in [2.05, 4.69) is 10.1 Å². The Kier molecular flexibility index (Phi) is 5.53. The van der Waals surface area contributed by atoms with Crippen molar-refractivity contribution in [3.05, 3.63) is 29.3 Å². The van der Waals surface area contributed by atoms with E-state index in [4.69, 9.17) is 0 Å². The van der Waals surface area contributed by atoms with Crippen molar-refractivity contribution in [2.75, 3.05) is 12.4 Å². The number of carbonyl (C=O) groups is 1. The van der Waals surface area contributed by atoms with Crippen molar-refractivity contribution in [1.29, 1.82) is 0 Å². The lowest BCUT2D eigenvalue weighted by Crippen LogP contribution is -2.21. The monoisotopic (exact) mass is 297 g/mol. The van der Waals surface area contributed by atoms with Gasteiger partial charge in [0.1, 0.15) is 11.6 Å². The van der Waals surface area contributed by atoms with Crippen LogP contribution >= 0.6 is 0 Å². The zero-order chi connectivity index (χ0) is 15.2. The number of methoxy groups -OCH3 is 1. The molecule has 1 aliphatic carbocycles. The molecule has 0 unspecified atom stereocenters. The Labute approximate surface area is 123 Å². The van der Waals surface area contributed by atoms with Gasteiger partial charge in [0, 0.05) is 12.1 Å². The summed E-state index contributed by atoms with van der Waals surface area (Å²) >= 11 is 0. The third-order valence-corrected chi connectivity index (χ3v) is 3.93. The summed E-state index contributed by atoms with van der Waals surface area (Å²) in [5, 5.41) is 3.11. The summed E-state index contributed by atoms with van der Waals surface area (Å²) in [6.07, 6.45) is 7.77. The summed E-state index contributed by atoms with van der Waals surface area (Å²) < 4.78 is 32.0. The highest BCUT2D eigenvalue weighted by Gasteiger charge is 2.19. The molecule has 0 saturated heterocycles. The van der Waals surface area contributed by atoms with Crippen LogP contribution in [0.3, 0.4) is 0 Å². The van der Waals surface area contributed by atoms with Crippen LogP contribution in [0.15, 0.2) is 12.1 Å². The molecule has 1 fully saturated rings. The summed E-state index contributed by atoms with van der Waals surface area (Å²) in [4.78, 5) is 11.5. The van der Waals surface area contributed by atoms with Gasteiger partial charge in [-0.3, -0.25) is 0 Å². The molecule has 3 nitrogen and oxygen atoms in total. The molecule has 1 N–H and O–H groups in total. The molecule has 1 saturated carbocycles. The van der Waals surface area contributed by atoms with Crippen LogP contribution in [0.4, 0.5) is 14.5 Å². The number of rotatable bonds is 3. The van der Waals surface area contributed by atoms with Gasteiger partial charge in [-0.05, 0) is 18.9 Å². The maximum atomic E-state index is 13.9. The van der Waals surface area contributed by atoms with Crippen molar-refractivity contribution in [3.63, 3.8) is 0 Å². The fourth-order valence-corrected chi connectivity index (χ4v) is 2.75. The number of carbonyl (C=O) groups excluding carboxylic acids is 1. The van der Waals surface area contributed by atoms with E-state index in [-0.39, 0.29) is 17.3 Å². The predicted octanol–water partition coefficient (Wildman–Crippen LogP) is 4.28. The Hall–Kier alpha value is -1.65. The number of anilines is 1. The summed E-state index contributed by atoms with van der Waals surface area (Å²) in [5.41, 5.74) is -0.0744. The largest absolute Gasteiger partial charge is 0.465 e. The topological polar surface area (TPSA) is 38.3 Å². The maximum absolute atomic E-state index is 13.9. The van der Waals surface area contributed by atoms with E-state index < -0.39 is 17.6 Å². The molecule has 116 valence electrons. The molecule has 1 aromatic rings. The first kappa shape index (κ1) is 15.7. The van der Waals surface area contributed by atoms with E-state index >= 15 is 0 Å². The van der Waals surface area contributed by atoms with Gasteiger partial charge in [-0.2, -0.15) is 0 Å². The minimum Gasteiger partial charge on any atom is -0.465 e. The molecular weight excluding hydrogens is 276 g/mol. The lowest BCUT2D eigenvalue weighted by Gasteiger charge is -2.22. The normalized spacial score (nSPS) is 16.9. The SMILES string of the molecule is COC(=O)c1cc(NC2CCCCCCC2)c(F)cc1F. The number of hydrogen-bond donors (Lipinski definition) is 1. The minimum atomic E-state index is -0.900. The van der Waals surface area contributed by atoms with Crippen LogP contribution in [0.25, 0.3) is 0 Å². The summed E-state index contributed by atoms with van der Waals surface area (Å²) in [5.74, 6) is -2.38. The predicted molar refractivity (Wildman–Crippen MR) is 77.4 cm³/mol. The fraction of sp³-hybridized carbons (Fsp3) is 0.562. The first-order chi connectivity index (χ1) is 10.1. The van der Waals surface area contributed by atoms with Gasteiger partial charge >= 0.3 is 5.97 Å². The molecule has 2 rings (SSSR count). The third kappa shape index (κ3) is 4.16. The van der Waals surface area contributed by atoms with Crippen molar-refractivity contribution in [2.45, 2.75) is 51.0 Å². The van der Waals surface area contributed by atoms with E-state index in [0.29, 0.717) is 0 Å². The van der Waals surface area contributed by atoms with Crippen molar-refractivity contribution < 1.29 is 18.3 Å². The molecule has 0 aliphatic heterocycles. The lowest BCUT2D eigenvalue weighted by molar-refractivity contribution is 0.0595. The van der Waals surface area contributed by atoms with Crippen LogP contribution in [-0.4, -0.2) is 19.1 Å². The Bertz CT molecular complexity index is 497. The van der Waals surface area contributed by atoms with Crippen molar-refractivity contribution in [2.24, 2.45) is 0 Å². The van der Waals surface area contributed by atoms with Crippen LogP contribution in [0, 0.1) is 11.6 Å². The third-order valence-electron chi connectivity index (χ3n) is 3.93. The molecule has 21 heavy (non-hydrogen) atoms. The molecule has 0 spiro atoms. The highest BCUT2D eigenvalue weighted by atomic mass is 19.1. The summed E-state index contributed by atoms with van der Waals surface area (Å²) in [6.45, 7) is 0. The molecule has 1 aliphatic rings. The number of benzene rings is 1. The molecule has 1 aromatic carbocycles. The molecular formula is C16H21F2NO2. The molecule has 0 heterocycles. The van der Waals surface area contributed by atoms with Crippen LogP contribution in [0.1, 0.15) is 55.3 Å². The Morgan fingerprint density at radius 1 is 1.10 bits per heavy atom. The highest BCUT2D eigenvalue weighted by Crippen LogP contribution is 2.25.